The second kappa shape index (κ2) is 16.3. The van der Waals surface area contributed by atoms with Crippen molar-refractivity contribution in [3.8, 4) is 5.75 Å². The molecule has 0 bridgehead atoms. The maximum Gasteiger partial charge on any atom is 0.408 e. The van der Waals surface area contributed by atoms with E-state index in [1.807, 2.05) is 54.6 Å². The third kappa shape index (κ3) is 10.5. The van der Waals surface area contributed by atoms with Crippen molar-refractivity contribution in [2.75, 3.05) is 0 Å². The van der Waals surface area contributed by atoms with Crippen LogP contribution in [-0.4, -0.2) is 52.2 Å². The number of hydrogen-bond acceptors (Lipinski definition) is 6. The Balaban J connectivity index is 1.51. The zero-order valence-electron chi connectivity index (χ0n) is 24.5. The highest BCUT2D eigenvalue weighted by Gasteiger charge is 2.30. The Kier molecular flexibility index (Phi) is 11.7. The van der Waals surface area contributed by atoms with Crippen LogP contribution in [0.1, 0.15) is 22.3 Å². The SMILES string of the molecule is O=C(NC(Cc1ccccc1)C(=O)NC(Cc1ccccc1)C(=O)NC(Cc1ccc(O)cc1)C(=O)O)OCc1ccccc1. The zero-order chi connectivity index (χ0) is 32.0. The number of aromatic hydroxyl groups is 1. The number of aliphatic carboxylic acids is 1. The number of hydrogen-bond donors (Lipinski definition) is 5. The molecule has 4 aromatic rings. The number of amides is 3. The Morgan fingerprint density at radius 1 is 0.533 bits per heavy atom. The Morgan fingerprint density at radius 3 is 1.42 bits per heavy atom. The van der Waals surface area contributed by atoms with E-state index < -0.39 is 42.0 Å². The molecule has 0 radical (unpaired) electrons. The number of phenolic OH excluding ortho intramolecular Hbond substituents is 1. The summed E-state index contributed by atoms with van der Waals surface area (Å²) in [6.45, 7) is 0.00297. The average molecular weight is 610 g/mol. The predicted octanol–water partition coefficient (Wildman–Crippen LogP) is 3.77. The van der Waals surface area contributed by atoms with E-state index in [0.29, 0.717) is 5.56 Å². The molecule has 0 aliphatic carbocycles. The van der Waals surface area contributed by atoms with Crippen molar-refractivity contribution in [2.24, 2.45) is 0 Å². The summed E-state index contributed by atoms with van der Waals surface area (Å²) < 4.78 is 5.35. The van der Waals surface area contributed by atoms with E-state index in [0.717, 1.165) is 16.7 Å². The first-order chi connectivity index (χ1) is 21.8. The van der Waals surface area contributed by atoms with E-state index in [1.165, 1.54) is 12.1 Å². The number of carbonyl (C=O) groups excluding carboxylic acids is 3. The fourth-order valence-electron chi connectivity index (χ4n) is 4.64. The summed E-state index contributed by atoms with van der Waals surface area (Å²) in [6, 6.07) is 29.6. The second-order valence-corrected chi connectivity index (χ2v) is 10.5. The van der Waals surface area contributed by atoms with E-state index in [9.17, 15) is 29.4 Å². The van der Waals surface area contributed by atoms with Crippen molar-refractivity contribution in [3.63, 3.8) is 0 Å². The molecule has 10 heteroatoms. The number of alkyl carbamates (subject to hydrolysis) is 1. The quantitative estimate of drug-likeness (QED) is 0.146. The van der Waals surface area contributed by atoms with Gasteiger partial charge in [-0.2, -0.15) is 0 Å². The molecule has 0 fully saturated rings. The van der Waals surface area contributed by atoms with Gasteiger partial charge in [0.25, 0.3) is 0 Å². The minimum Gasteiger partial charge on any atom is -0.508 e. The normalized spacial score (nSPS) is 12.6. The average Bonchev–Trinajstić information content (AvgIpc) is 3.05. The summed E-state index contributed by atoms with van der Waals surface area (Å²) in [6.07, 6.45) is -0.663. The minimum absolute atomic E-state index is 0.00297. The summed E-state index contributed by atoms with van der Waals surface area (Å²) in [5.74, 6) is -2.57. The Bertz CT molecular complexity index is 1550. The zero-order valence-corrected chi connectivity index (χ0v) is 24.5. The van der Waals surface area contributed by atoms with Crippen LogP contribution in [0.25, 0.3) is 0 Å². The van der Waals surface area contributed by atoms with Gasteiger partial charge in [0, 0.05) is 19.3 Å². The summed E-state index contributed by atoms with van der Waals surface area (Å²) in [5.41, 5.74) is 2.87. The van der Waals surface area contributed by atoms with Crippen molar-refractivity contribution >= 4 is 23.9 Å². The van der Waals surface area contributed by atoms with E-state index in [-0.39, 0.29) is 31.6 Å². The van der Waals surface area contributed by atoms with Crippen LogP contribution in [0.2, 0.25) is 0 Å². The lowest BCUT2D eigenvalue weighted by Gasteiger charge is -2.25. The monoisotopic (exact) mass is 609 g/mol. The third-order valence-electron chi connectivity index (χ3n) is 7.01. The van der Waals surface area contributed by atoms with Crippen LogP contribution in [0.15, 0.2) is 115 Å². The number of rotatable bonds is 14. The fourth-order valence-corrected chi connectivity index (χ4v) is 4.64. The number of benzene rings is 4. The molecule has 4 rings (SSSR count). The summed E-state index contributed by atoms with van der Waals surface area (Å²) in [5, 5.41) is 27.3. The van der Waals surface area contributed by atoms with Gasteiger partial charge in [0.1, 0.15) is 30.5 Å². The number of ether oxygens (including phenoxy) is 1. The van der Waals surface area contributed by atoms with Gasteiger partial charge in [-0.25, -0.2) is 9.59 Å². The van der Waals surface area contributed by atoms with Crippen molar-refractivity contribution in [3.05, 3.63) is 138 Å². The van der Waals surface area contributed by atoms with Crippen molar-refractivity contribution in [2.45, 2.75) is 44.0 Å². The van der Waals surface area contributed by atoms with Crippen LogP contribution in [0.4, 0.5) is 4.79 Å². The molecule has 5 N–H and O–H groups in total. The lowest BCUT2D eigenvalue weighted by molar-refractivity contribution is -0.142. The first-order valence-corrected chi connectivity index (χ1v) is 14.4. The Labute approximate surface area is 261 Å². The minimum atomic E-state index is -1.30. The second-order valence-electron chi connectivity index (χ2n) is 10.5. The van der Waals surface area contributed by atoms with E-state index >= 15 is 0 Å². The number of nitrogens with one attached hydrogen (secondary N) is 3. The van der Waals surface area contributed by atoms with Gasteiger partial charge >= 0.3 is 12.1 Å². The van der Waals surface area contributed by atoms with Gasteiger partial charge in [-0.3, -0.25) is 9.59 Å². The summed E-state index contributed by atoms with van der Waals surface area (Å²) in [7, 11) is 0. The number of carboxylic acid groups (broad SMARTS) is 1. The number of carbonyl (C=O) groups is 4. The standard InChI is InChI=1S/C35H35N3O7/c39-28-18-16-26(17-19-28)22-31(34(42)43)37-32(40)29(20-24-10-4-1-5-11-24)36-33(41)30(21-25-12-6-2-7-13-25)38-35(44)45-23-27-14-8-3-9-15-27/h1-19,29-31,39H,20-23H2,(H,36,41)(H,37,40)(H,38,44)(H,42,43). The molecule has 232 valence electrons. The van der Waals surface area contributed by atoms with E-state index in [2.05, 4.69) is 16.0 Å². The molecule has 0 aliphatic rings. The van der Waals surface area contributed by atoms with Gasteiger partial charge in [0.05, 0.1) is 0 Å². The smallest absolute Gasteiger partial charge is 0.408 e. The van der Waals surface area contributed by atoms with Gasteiger partial charge in [0.15, 0.2) is 0 Å². The van der Waals surface area contributed by atoms with Crippen LogP contribution in [-0.2, 0) is 45.0 Å². The van der Waals surface area contributed by atoms with Crippen LogP contribution < -0.4 is 16.0 Å². The molecular weight excluding hydrogens is 574 g/mol. The van der Waals surface area contributed by atoms with Gasteiger partial charge in [-0.1, -0.05) is 103 Å². The molecule has 0 aliphatic heterocycles. The van der Waals surface area contributed by atoms with Gasteiger partial charge in [-0.05, 0) is 34.4 Å². The van der Waals surface area contributed by atoms with Crippen LogP contribution >= 0.6 is 0 Å². The van der Waals surface area contributed by atoms with Crippen LogP contribution in [0.5, 0.6) is 5.75 Å². The molecule has 0 saturated carbocycles. The maximum atomic E-state index is 13.7. The summed E-state index contributed by atoms with van der Waals surface area (Å²) >= 11 is 0. The number of phenols is 1. The molecule has 0 aromatic heterocycles. The lowest BCUT2D eigenvalue weighted by atomic mass is 10.0. The number of carboxylic acids is 1. The molecular formula is C35H35N3O7. The lowest BCUT2D eigenvalue weighted by Crippen LogP contribution is -2.57. The molecule has 3 unspecified atom stereocenters. The van der Waals surface area contributed by atoms with Crippen LogP contribution in [0, 0.1) is 0 Å². The molecule has 0 saturated heterocycles. The molecule has 3 atom stereocenters. The molecule has 0 spiro atoms. The molecule has 45 heavy (non-hydrogen) atoms. The van der Waals surface area contributed by atoms with Gasteiger partial charge in [0.2, 0.25) is 11.8 Å². The molecule has 3 amide bonds. The van der Waals surface area contributed by atoms with Crippen LogP contribution in [0.3, 0.4) is 0 Å². The largest absolute Gasteiger partial charge is 0.508 e. The Morgan fingerprint density at radius 2 is 0.933 bits per heavy atom. The van der Waals surface area contributed by atoms with E-state index in [4.69, 9.17) is 4.74 Å². The van der Waals surface area contributed by atoms with E-state index in [1.54, 1.807) is 48.5 Å². The summed E-state index contributed by atoms with van der Waals surface area (Å²) in [4.78, 5) is 52.1. The van der Waals surface area contributed by atoms with Crippen molar-refractivity contribution in [1.29, 1.82) is 0 Å². The highest BCUT2D eigenvalue weighted by Crippen LogP contribution is 2.13. The first kappa shape index (κ1) is 32.3. The maximum absolute atomic E-state index is 13.7. The predicted molar refractivity (Wildman–Crippen MR) is 167 cm³/mol. The molecule has 4 aromatic carbocycles. The fraction of sp³-hybridized carbons (Fsp3) is 0.200. The van der Waals surface area contributed by atoms with Crippen molar-refractivity contribution < 1.29 is 34.1 Å². The topological polar surface area (TPSA) is 154 Å². The highest BCUT2D eigenvalue weighted by atomic mass is 16.5. The van der Waals surface area contributed by atoms with Gasteiger partial charge < -0.3 is 30.9 Å². The van der Waals surface area contributed by atoms with Crippen molar-refractivity contribution in [1.82, 2.24) is 16.0 Å². The highest BCUT2D eigenvalue weighted by molar-refractivity contribution is 5.93. The molecule has 0 heterocycles. The third-order valence-corrected chi connectivity index (χ3v) is 7.01. The van der Waals surface area contributed by atoms with Gasteiger partial charge in [-0.15, -0.1) is 0 Å². The molecule has 10 nitrogen and oxygen atoms in total. The first-order valence-electron chi connectivity index (χ1n) is 14.4. The Hall–Kier alpha value is -5.64.